The van der Waals surface area contributed by atoms with Crippen molar-refractivity contribution in [1.29, 1.82) is 0 Å². The highest BCUT2D eigenvalue weighted by atomic mass is 35.5. The molecule has 0 radical (unpaired) electrons. The fraction of sp³-hybridized carbons (Fsp3) is 0.385. The Balaban J connectivity index is 2.54. The van der Waals surface area contributed by atoms with Crippen molar-refractivity contribution in [3.05, 3.63) is 29.3 Å². The summed E-state index contributed by atoms with van der Waals surface area (Å²) in [5.74, 6) is 0.258. The summed E-state index contributed by atoms with van der Waals surface area (Å²) < 4.78 is 5.34. The number of nitrogens with one attached hydrogen (secondary N) is 1. The topological polar surface area (TPSA) is 64.3 Å². The Labute approximate surface area is 123 Å². The number of rotatable bonds is 6. The maximum atomic E-state index is 11.8. The van der Waals surface area contributed by atoms with Crippen molar-refractivity contribution < 1.29 is 9.53 Å². The molecule has 0 fully saturated rings. The molecule has 0 saturated heterocycles. The highest BCUT2D eigenvalue weighted by Gasteiger charge is 2.27. The van der Waals surface area contributed by atoms with E-state index in [9.17, 15) is 4.79 Å². The van der Waals surface area contributed by atoms with Crippen molar-refractivity contribution in [1.82, 2.24) is 5.32 Å². The number of carbonyl (C=O) groups is 1. The molecule has 1 aromatic rings. The van der Waals surface area contributed by atoms with Crippen LogP contribution in [0.5, 0.6) is 5.75 Å². The second-order valence-corrected chi connectivity index (χ2v) is 5.22. The van der Waals surface area contributed by atoms with Gasteiger partial charge < -0.3 is 15.8 Å². The lowest BCUT2D eigenvalue weighted by Crippen LogP contribution is -2.55. The fourth-order valence-electron chi connectivity index (χ4n) is 1.37. The average molecular weight is 301 g/mol. The van der Waals surface area contributed by atoms with Crippen molar-refractivity contribution in [3.63, 3.8) is 0 Å². The molecular weight excluding hydrogens is 284 g/mol. The van der Waals surface area contributed by atoms with Gasteiger partial charge in [0.2, 0.25) is 0 Å². The number of hydrogen-bond acceptors (Lipinski definition) is 3. The van der Waals surface area contributed by atoms with Crippen LogP contribution >= 0.6 is 23.8 Å². The average Bonchev–Trinajstić information content (AvgIpc) is 2.36. The minimum Gasteiger partial charge on any atom is -0.484 e. The molecule has 3 N–H and O–H groups in total. The molecule has 1 atom stereocenters. The minimum atomic E-state index is -0.690. The van der Waals surface area contributed by atoms with Crippen LogP contribution in [0.3, 0.4) is 0 Å². The molecule has 19 heavy (non-hydrogen) atoms. The largest absolute Gasteiger partial charge is 0.484 e. The van der Waals surface area contributed by atoms with Crippen LogP contribution in [0.2, 0.25) is 5.02 Å². The zero-order chi connectivity index (χ0) is 14.5. The van der Waals surface area contributed by atoms with Gasteiger partial charge in [-0.15, -0.1) is 0 Å². The van der Waals surface area contributed by atoms with Crippen molar-refractivity contribution in [3.8, 4) is 5.75 Å². The van der Waals surface area contributed by atoms with Crippen molar-refractivity contribution in [2.75, 3.05) is 6.61 Å². The number of amides is 1. The van der Waals surface area contributed by atoms with Gasteiger partial charge in [0.15, 0.2) is 6.61 Å². The molecule has 0 aromatic heterocycles. The normalized spacial score (nSPS) is 13.4. The van der Waals surface area contributed by atoms with Gasteiger partial charge in [-0.25, -0.2) is 0 Å². The lowest BCUT2D eigenvalue weighted by molar-refractivity contribution is -0.124. The monoisotopic (exact) mass is 300 g/mol. The molecular formula is C13H17ClN2O2S. The highest BCUT2D eigenvalue weighted by Crippen LogP contribution is 2.17. The number of carbonyl (C=O) groups excluding carboxylic acids is 1. The second kappa shape index (κ2) is 6.73. The maximum Gasteiger partial charge on any atom is 0.258 e. The molecule has 0 heterocycles. The number of nitrogens with two attached hydrogens (primary N) is 1. The number of thiocarbonyl (C=S) groups is 1. The number of halogens is 1. The lowest BCUT2D eigenvalue weighted by atomic mass is 9.99. The summed E-state index contributed by atoms with van der Waals surface area (Å²) >= 11 is 10.8. The van der Waals surface area contributed by atoms with Gasteiger partial charge in [0.25, 0.3) is 5.91 Å². The number of ether oxygens (including phenoxy) is 1. The quantitative estimate of drug-likeness (QED) is 0.791. The molecule has 0 aliphatic rings. The first kappa shape index (κ1) is 15.7. The van der Waals surface area contributed by atoms with E-state index in [0.29, 0.717) is 17.2 Å². The molecule has 0 spiro atoms. The molecule has 1 rings (SSSR count). The van der Waals surface area contributed by atoms with Gasteiger partial charge in [-0.1, -0.05) is 36.8 Å². The fourth-order valence-corrected chi connectivity index (χ4v) is 1.75. The van der Waals surface area contributed by atoms with Gasteiger partial charge in [0.05, 0.1) is 10.5 Å². The van der Waals surface area contributed by atoms with E-state index in [0.717, 1.165) is 0 Å². The molecule has 1 aromatic carbocycles. The van der Waals surface area contributed by atoms with Crippen LogP contribution in [-0.2, 0) is 4.79 Å². The predicted molar refractivity (Wildman–Crippen MR) is 80.6 cm³/mol. The van der Waals surface area contributed by atoms with Crippen LogP contribution in [0.1, 0.15) is 20.3 Å². The molecule has 0 aliphatic heterocycles. The molecule has 1 unspecified atom stereocenters. The Bertz CT molecular complexity index is 481. The van der Waals surface area contributed by atoms with Gasteiger partial charge in [-0.2, -0.15) is 0 Å². The maximum absolute atomic E-state index is 11.8. The van der Waals surface area contributed by atoms with E-state index in [4.69, 9.17) is 34.3 Å². The van der Waals surface area contributed by atoms with Crippen LogP contribution in [0, 0.1) is 0 Å². The molecule has 1 amide bonds. The summed E-state index contributed by atoms with van der Waals surface area (Å²) in [5.41, 5.74) is 4.92. The van der Waals surface area contributed by atoms with E-state index >= 15 is 0 Å². The van der Waals surface area contributed by atoms with E-state index in [1.807, 2.05) is 6.92 Å². The minimum absolute atomic E-state index is 0.113. The van der Waals surface area contributed by atoms with Gasteiger partial charge >= 0.3 is 0 Å². The Morgan fingerprint density at radius 3 is 2.79 bits per heavy atom. The van der Waals surface area contributed by atoms with Gasteiger partial charge in [-0.3, -0.25) is 4.79 Å². The standard InChI is InChI=1S/C13H17ClN2O2S/c1-3-13(2,12(15)19)16-11(17)8-18-10-6-4-5-9(14)7-10/h4-7H,3,8H2,1-2H3,(H2,15,19)(H,16,17). The van der Waals surface area contributed by atoms with Gasteiger partial charge in [0.1, 0.15) is 5.75 Å². The lowest BCUT2D eigenvalue weighted by Gasteiger charge is -2.28. The predicted octanol–water partition coefficient (Wildman–Crippen LogP) is 2.29. The summed E-state index contributed by atoms with van der Waals surface area (Å²) in [6.07, 6.45) is 0.616. The van der Waals surface area contributed by atoms with Crippen molar-refractivity contribution >= 4 is 34.7 Å². The summed E-state index contributed by atoms with van der Waals surface area (Å²) in [6.45, 7) is 3.57. The summed E-state index contributed by atoms with van der Waals surface area (Å²) in [4.78, 5) is 12.1. The first-order valence-corrected chi connectivity index (χ1v) is 6.65. The SMILES string of the molecule is CCC(C)(NC(=O)COc1cccc(Cl)c1)C(N)=S. The summed E-state index contributed by atoms with van der Waals surface area (Å²) in [7, 11) is 0. The molecule has 0 saturated carbocycles. The van der Waals surface area contributed by atoms with E-state index in [2.05, 4.69) is 5.32 Å². The number of benzene rings is 1. The third-order valence-corrected chi connectivity index (χ3v) is 3.52. The van der Waals surface area contributed by atoms with Crippen LogP contribution < -0.4 is 15.8 Å². The first-order chi connectivity index (χ1) is 8.87. The van der Waals surface area contributed by atoms with E-state index in [-0.39, 0.29) is 17.5 Å². The van der Waals surface area contributed by atoms with Gasteiger partial charge in [0, 0.05) is 5.02 Å². The van der Waals surface area contributed by atoms with E-state index in [1.54, 1.807) is 31.2 Å². The first-order valence-electron chi connectivity index (χ1n) is 5.86. The van der Waals surface area contributed by atoms with Crippen LogP contribution in [0.25, 0.3) is 0 Å². The van der Waals surface area contributed by atoms with E-state index in [1.165, 1.54) is 0 Å². The summed E-state index contributed by atoms with van der Waals surface area (Å²) in [5, 5.41) is 3.32. The third kappa shape index (κ3) is 4.69. The molecule has 104 valence electrons. The smallest absolute Gasteiger partial charge is 0.258 e. The van der Waals surface area contributed by atoms with Gasteiger partial charge in [-0.05, 0) is 31.5 Å². The van der Waals surface area contributed by atoms with E-state index < -0.39 is 5.54 Å². The van der Waals surface area contributed by atoms with Crippen LogP contribution in [0.4, 0.5) is 0 Å². The second-order valence-electron chi connectivity index (χ2n) is 4.34. The molecule has 4 nitrogen and oxygen atoms in total. The summed E-state index contributed by atoms with van der Waals surface area (Å²) in [6, 6.07) is 6.85. The molecule has 0 bridgehead atoms. The van der Waals surface area contributed by atoms with Crippen LogP contribution in [-0.4, -0.2) is 23.0 Å². The Kier molecular flexibility index (Phi) is 5.57. The third-order valence-electron chi connectivity index (χ3n) is 2.83. The Morgan fingerprint density at radius 2 is 2.26 bits per heavy atom. The highest BCUT2D eigenvalue weighted by molar-refractivity contribution is 7.80. The van der Waals surface area contributed by atoms with Crippen molar-refractivity contribution in [2.45, 2.75) is 25.8 Å². The zero-order valence-corrected chi connectivity index (χ0v) is 12.5. The van der Waals surface area contributed by atoms with Crippen molar-refractivity contribution in [2.24, 2.45) is 5.73 Å². The Hall–Kier alpha value is -1.33. The zero-order valence-electron chi connectivity index (χ0n) is 10.9. The molecule has 6 heteroatoms. The van der Waals surface area contributed by atoms with Crippen LogP contribution in [0.15, 0.2) is 24.3 Å². The molecule has 0 aliphatic carbocycles. The number of hydrogen-bond donors (Lipinski definition) is 2. The Morgan fingerprint density at radius 1 is 1.58 bits per heavy atom.